The molecule has 0 bridgehead atoms. The molecule has 0 amide bonds. The lowest BCUT2D eigenvalue weighted by molar-refractivity contribution is 0.0205. The molecule has 0 aliphatic carbocycles. The molecule has 0 radical (unpaired) electrons. The highest BCUT2D eigenvalue weighted by molar-refractivity contribution is 9.10. The van der Waals surface area contributed by atoms with Gasteiger partial charge in [0.15, 0.2) is 0 Å². The first-order valence-corrected chi connectivity index (χ1v) is 6.50. The van der Waals surface area contributed by atoms with E-state index in [0.717, 1.165) is 26.3 Å². The molecule has 2 rings (SSSR count). The Morgan fingerprint density at radius 2 is 2.21 bits per heavy atom. The Balaban J connectivity index is 2.03. The second-order valence-corrected chi connectivity index (χ2v) is 5.35. The van der Waals surface area contributed by atoms with E-state index in [1.807, 2.05) is 11.3 Å². The smallest absolute Gasteiger partial charge is 0.0594 e. The molecule has 0 aromatic carbocycles. The minimum atomic E-state index is 0.523. The zero-order chi connectivity index (χ0) is 9.97. The zero-order valence-corrected chi connectivity index (χ0v) is 10.6. The van der Waals surface area contributed by atoms with Gasteiger partial charge in [0.2, 0.25) is 0 Å². The van der Waals surface area contributed by atoms with E-state index in [0.29, 0.717) is 6.04 Å². The molecule has 1 aliphatic heterocycles. The fourth-order valence-electron chi connectivity index (χ4n) is 1.69. The van der Waals surface area contributed by atoms with Crippen molar-refractivity contribution in [1.82, 2.24) is 4.90 Å². The highest BCUT2D eigenvalue weighted by atomic mass is 79.9. The third-order valence-corrected chi connectivity index (χ3v) is 4.46. The number of thiophene rings is 1. The van der Waals surface area contributed by atoms with Crippen LogP contribution in [0.3, 0.4) is 0 Å². The van der Waals surface area contributed by atoms with Crippen molar-refractivity contribution in [2.24, 2.45) is 0 Å². The molecule has 1 aromatic heterocycles. The summed E-state index contributed by atoms with van der Waals surface area (Å²) in [5, 5.41) is 2.15. The molecule has 0 spiro atoms. The maximum absolute atomic E-state index is 5.34. The van der Waals surface area contributed by atoms with Crippen LogP contribution >= 0.6 is 27.3 Å². The van der Waals surface area contributed by atoms with E-state index in [-0.39, 0.29) is 0 Å². The van der Waals surface area contributed by atoms with Gasteiger partial charge in [-0.25, -0.2) is 0 Å². The van der Waals surface area contributed by atoms with Gasteiger partial charge < -0.3 is 4.74 Å². The molecule has 2 nitrogen and oxygen atoms in total. The Kier molecular flexibility index (Phi) is 3.60. The lowest BCUT2D eigenvalue weighted by atomic mass is 10.2. The molecular weight excluding hydrogens is 262 g/mol. The van der Waals surface area contributed by atoms with E-state index in [9.17, 15) is 0 Å². The molecule has 1 aliphatic rings. The third-order valence-electron chi connectivity index (χ3n) is 2.59. The molecule has 1 atom stereocenters. The molecule has 78 valence electrons. The summed E-state index contributed by atoms with van der Waals surface area (Å²) in [6, 6.07) is 2.74. The second kappa shape index (κ2) is 4.75. The van der Waals surface area contributed by atoms with Crippen molar-refractivity contribution in [1.29, 1.82) is 0 Å². The summed E-state index contributed by atoms with van der Waals surface area (Å²) in [5.74, 6) is 0. The van der Waals surface area contributed by atoms with E-state index < -0.39 is 0 Å². The summed E-state index contributed by atoms with van der Waals surface area (Å²) < 4.78 is 6.54. The zero-order valence-electron chi connectivity index (χ0n) is 8.20. The Morgan fingerprint density at radius 1 is 1.50 bits per heavy atom. The number of hydrogen-bond donors (Lipinski definition) is 0. The maximum Gasteiger partial charge on any atom is 0.0594 e. The van der Waals surface area contributed by atoms with Crippen LogP contribution in [0, 0.1) is 0 Å². The van der Waals surface area contributed by atoms with E-state index in [1.165, 1.54) is 9.35 Å². The first-order valence-electron chi connectivity index (χ1n) is 4.83. The fourth-order valence-corrected chi connectivity index (χ4v) is 3.23. The molecule has 0 saturated carbocycles. The van der Waals surface area contributed by atoms with Crippen LogP contribution in [0.2, 0.25) is 0 Å². The first kappa shape index (κ1) is 10.6. The van der Waals surface area contributed by atoms with Gasteiger partial charge in [0.05, 0.1) is 13.2 Å². The van der Waals surface area contributed by atoms with Crippen LogP contribution in [-0.2, 0) is 4.74 Å². The summed E-state index contributed by atoms with van der Waals surface area (Å²) in [5.41, 5.74) is 0. The second-order valence-electron chi connectivity index (χ2n) is 3.49. The number of hydrogen-bond acceptors (Lipinski definition) is 3. The highest BCUT2D eigenvalue weighted by Crippen LogP contribution is 2.29. The van der Waals surface area contributed by atoms with E-state index >= 15 is 0 Å². The molecule has 1 fully saturated rings. The van der Waals surface area contributed by atoms with Crippen LogP contribution in [-0.4, -0.2) is 31.2 Å². The van der Waals surface area contributed by atoms with E-state index in [4.69, 9.17) is 4.74 Å². The lowest BCUT2D eigenvalue weighted by Gasteiger charge is -2.31. The van der Waals surface area contributed by atoms with Crippen LogP contribution in [0.15, 0.2) is 15.9 Å². The average Bonchev–Trinajstić information content (AvgIpc) is 2.65. The van der Waals surface area contributed by atoms with Crippen molar-refractivity contribution < 1.29 is 4.74 Å². The number of ether oxygens (including phenoxy) is 1. The molecule has 0 unspecified atom stereocenters. The molecule has 4 heteroatoms. The number of halogens is 1. The molecule has 1 aromatic rings. The summed E-state index contributed by atoms with van der Waals surface area (Å²) in [6.45, 7) is 6.12. The van der Waals surface area contributed by atoms with Gasteiger partial charge in [0.1, 0.15) is 0 Å². The Bertz CT molecular complexity index is 296. The van der Waals surface area contributed by atoms with Crippen molar-refractivity contribution in [3.8, 4) is 0 Å². The largest absolute Gasteiger partial charge is 0.379 e. The van der Waals surface area contributed by atoms with Crippen molar-refractivity contribution >= 4 is 27.3 Å². The third kappa shape index (κ3) is 2.37. The minimum absolute atomic E-state index is 0.523. The van der Waals surface area contributed by atoms with Crippen LogP contribution in [0.1, 0.15) is 17.8 Å². The Labute approximate surface area is 97.0 Å². The topological polar surface area (TPSA) is 12.5 Å². The normalized spacial score (nSPS) is 21.0. The first-order chi connectivity index (χ1) is 6.77. The van der Waals surface area contributed by atoms with Gasteiger partial charge in [-0.2, -0.15) is 0 Å². The van der Waals surface area contributed by atoms with Gasteiger partial charge in [-0.05, 0) is 28.9 Å². The van der Waals surface area contributed by atoms with Gasteiger partial charge >= 0.3 is 0 Å². The summed E-state index contributed by atoms with van der Waals surface area (Å²) in [7, 11) is 0. The molecule has 2 heterocycles. The Morgan fingerprint density at radius 3 is 2.79 bits per heavy atom. The average molecular weight is 276 g/mol. The van der Waals surface area contributed by atoms with Crippen LogP contribution in [0.4, 0.5) is 0 Å². The molecule has 14 heavy (non-hydrogen) atoms. The standard InChI is InChI=1S/C10H14BrNOS/c1-8(10-6-9(11)7-14-10)12-2-4-13-5-3-12/h6-8H,2-5H2,1H3/t8-/m1/s1. The van der Waals surface area contributed by atoms with Crippen LogP contribution < -0.4 is 0 Å². The van der Waals surface area contributed by atoms with Crippen LogP contribution in [0.5, 0.6) is 0 Å². The Hall–Kier alpha value is 0.1000. The van der Waals surface area contributed by atoms with Crippen molar-refractivity contribution in [3.63, 3.8) is 0 Å². The predicted molar refractivity (Wildman–Crippen MR) is 62.8 cm³/mol. The van der Waals surface area contributed by atoms with E-state index in [2.05, 4.69) is 39.2 Å². The SMILES string of the molecule is C[C@H](c1cc(Br)cs1)N1CCOCC1. The number of nitrogens with zero attached hydrogens (tertiary/aromatic N) is 1. The van der Waals surface area contributed by atoms with E-state index in [1.54, 1.807) is 0 Å². The molecule has 1 saturated heterocycles. The number of morpholine rings is 1. The van der Waals surface area contributed by atoms with Crippen molar-refractivity contribution in [3.05, 3.63) is 20.8 Å². The molecular formula is C10H14BrNOS. The summed E-state index contributed by atoms with van der Waals surface area (Å²) in [6.07, 6.45) is 0. The summed E-state index contributed by atoms with van der Waals surface area (Å²) in [4.78, 5) is 3.90. The maximum atomic E-state index is 5.34. The number of rotatable bonds is 2. The van der Waals surface area contributed by atoms with Crippen molar-refractivity contribution in [2.75, 3.05) is 26.3 Å². The minimum Gasteiger partial charge on any atom is -0.379 e. The highest BCUT2D eigenvalue weighted by Gasteiger charge is 2.19. The molecule has 0 N–H and O–H groups in total. The fraction of sp³-hybridized carbons (Fsp3) is 0.600. The monoisotopic (exact) mass is 275 g/mol. The van der Waals surface area contributed by atoms with Gasteiger partial charge in [-0.3, -0.25) is 4.90 Å². The van der Waals surface area contributed by atoms with Gasteiger partial charge in [-0.15, -0.1) is 11.3 Å². The quantitative estimate of drug-likeness (QED) is 0.823. The predicted octanol–water partition coefficient (Wildman–Crippen LogP) is 2.90. The summed E-state index contributed by atoms with van der Waals surface area (Å²) >= 11 is 5.31. The van der Waals surface area contributed by atoms with Gasteiger partial charge in [0.25, 0.3) is 0 Å². The van der Waals surface area contributed by atoms with Gasteiger partial charge in [0, 0.05) is 33.9 Å². The van der Waals surface area contributed by atoms with Crippen molar-refractivity contribution in [2.45, 2.75) is 13.0 Å². The van der Waals surface area contributed by atoms with Crippen LogP contribution in [0.25, 0.3) is 0 Å². The lowest BCUT2D eigenvalue weighted by Crippen LogP contribution is -2.37. The van der Waals surface area contributed by atoms with Gasteiger partial charge in [-0.1, -0.05) is 0 Å².